The zero-order chi connectivity index (χ0) is 16.8. The molecule has 0 aliphatic carbocycles. The minimum Gasteiger partial charge on any atom is -0.298 e. The predicted molar refractivity (Wildman–Crippen MR) is 94.2 cm³/mol. The van der Waals surface area contributed by atoms with Crippen molar-refractivity contribution in [2.24, 2.45) is 0 Å². The van der Waals surface area contributed by atoms with Gasteiger partial charge in [-0.2, -0.15) is 5.26 Å². The van der Waals surface area contributed by atoms with Crippen molar-refractivity contribution < 1.29 is 0 Å². The van der Waals surface area contributed by atoms with Crippen molar-refractivity contribution in [3.05, 3.63) is 72.6 Å². The lowest BCUT2D eigenvalue weighted by molar-refractivity contribution is 0.731. The predicted octanol–water partition coefficient (Wildman–Crippen LogP) is 3.69. The Balaban J connectivity index is 1.81. The SMILES string of the molecule is C=CCn1c(SCc2ccc(C#N)cc2)nnc1-c1ccncc1. The first-order valence-corrected chi connectivity index (χ1v) is 8.36. The number of aromatic nitrogens is 4. The number of nitriles is 1. The van der Waals surface area contributed by atoms with Gasteiger partial charge in [-0.25, -0.2) is 0 Å². The second-order valence-electron chi connectivity index (χ2n) is 5.04. The maximum atomic E-state index is 8.85. The molecule has 0 saturated carbocycles. The van der Waals surface area contributed by atoms with Gasteiger partial charge in [-0.3, -0.25) is 9.55 Å². The maximum absolute atomic E-state index is 8.85. The lowest BCUT2D eigenvalue weighted by Crippen LogP contribution is -2.00. The minimum absolute atomic E-state index is 0.639. The fourth-order valence-corrected chi connectivity index (χ4v) is 3.13. The normalized spacial score (nSPS) is 10.3. The van der Waals surface area contributed by atoms with E-state index in [2.05, 4.69) is 27.8 Å². The van der Waals surface area contributed by atoms with E-state index in [1.807, 2.05) is 47.0 Å². The Morgan fingerprint density at radius 2 is 1.88 bits per heavy atom. The van der Waals surface area contributed by atoms with E-state index in [1.165, 1.54) is 0 Å². The van der Waals surface area contributed by atoms with E-state index in [1.54, 1.807) is 24.2 Å². The summed E-state index contributed by atoms with van der Waals surface area (Å²) in [6.07, 6.45) is 5.32. The van der Waals surface area contributed by atoms with Crippen LogP contribution in [0.4, 0.5) is 0 Å². The Bertz CT molecular complexity index is 863. The van der Waals surface area contributed by atoms with Crippen LogP contribution in [0.2, 0.25) is 0 Å². The van der Waals surface area contributed by atoms with Crippen LogP contribution in [-0.4, -0.2) is 19.7 Å². The number of hydrogen-bond donors (Lipinski definition) is 0. The molecule has 3 aromatic rings. The van der Waals surface area contributed by atoms with Gasteiger partial charge in [0.05, 0.1) is 11.6 Å². The van der Waals surface area contributed by atoms with E-state index < -0.39 is 0 Å². The summed E-state index contributed by atoms with van der Waals surface area (Å²) in [5.74, 6) is 1.57. The van der Waals surface area contributed by atoms with Crippen molar-refractivity contribution in [1.82, 2.24) is 19.7 Å². The molecule has 6 heteroatoms. The standard InChI is InChI=1S/C18H15N5S/c1-2-11-23-17(16-7-9-20-10-8-16)21-22-18(23)24-13-15-5-3-14(12-19)4-6-15/h2-10H,1,11,13H2. The molecule has 0 N–H and O–H groups in total. The van der Waals surface area contributed by atoms with Crippen LogP contribution >= 0.6 is 11.8 Å². The van der Waals surface area contributed by atoms with Crippen molar-refractivity contribution in [2.45, 2.75) is 17.5 Å². The number of nitrogens with zero attached hydrogens (tertiary/aromatic N) is 5. The lowest BCUT2D eigenvalue weighted by atomic mass is 10.2. The highest BCUT2D eigenvalue weighted by Crippen LogP contribution is 2.26. The Kier molecular flexibility index (Phi) is 5.04. The molecule has 3 rings (SSSR count). The first-order chi connectivity index (χ1) is 11.8. The summed E-state index contributed by atoms with van der Waals surface area (Å²) >= 11 is 1.61. The van der Waals surface area contributed by atoms with Gasteiger partial charge in [0.15, 0.2) is 11.0 Å². The molecule has 2 heterocycles. The lowest BCUT2D eigenvalue weighted by Gasteiger charge is -2.07. The van der Waals surface area contributed by atoms with Gasteiger partial charge in [0.25, 0.3) is 0 Å². The third-order valence-electron chi connectivity index (χ3n) is 3.42. The van der Waals surface area contributed by atoms with Crippen molar-refractivity contribution >= 4 is 11.8 Å². The molecule has 24 heavy (non-hydrogen) atoms. The first-order valence-electron chi connectivity index (χ1n) is 7.38. The number of allylic oxidation sites excluding steroid dienone is 1. The van der Waals surface area contributed by atoms with Crippen LogP contribution in [0.5, 0.6) is 0 Å². The first kappa shape index (κ1) is 16.0. The van der Waals surface area contributed by atoms with E-state index in [4.69, 9.17) is 5.26 Å². The molecule has 0 bridgehead atoms. The van der Waals surface area contributed by atoms with E-state index >= 15 is 0 Å². The summed E-state index contributed by atoms with van der Waals surface area (Å²) in [4.78, 5) is 4.04. The molecular formula is C18H15N5S. The third kappa shape index (κ3) is 3.53. The maximum Gasteiger partial charge on any atom is 0.192 e. The molecule has 118 valence electrons. The van der Waals surface area contributed by atoms with Crippen LogP contribution in [0.15, 0.2) is 66.6 Å². The highest BCUT2D eigenvalue weighted by atomic mass is 32.2. The Morgan fingerprint density at radius 3 is 2.54 bits per heavy atom. The number of pyridine rings is 1. The zero-order valence-electron chi connectivity index (χ0n) is 13.0. The molecule has 0 aliphatic rings. The quantitative estimate of drug-likeness (QED) is 0.508. The molecule has 0 unspecified atom stereocenters. The minimum atomic E-state index is 0.639. The molecule has 5 nitrogen and oxygen atoms in total. The van der Waals surface area contributed by atoms with Crippen LogP contribution in [0.25, 0.3) is 11.4 Å². The van der Waals surface area contributed by atoms with E-state index in [0.29, 0.717) is 12.1 Å². The Morgan fingerprint density at radius 1 is 1.12 bits per heavy atom. The van der Waals surface area contributed by atoms with Crippen LogP contribution < -0.4 is 0 Å². The van der Waals surface area contributed by atoms with Gasteiger partial charge in [-0.15, -0.1) is 16.8 Å². The molecule has 0 amide bonds. The third-order valence-corrected chi connectivity index (χ3v) is 4.46. The van der Waals surface area contributed by atoms with Crippen LogP contribution in [-0.2, 0) is 12.3 Å². The summed E-state index contributed by atoms with van der Waals surface area (Å²) in [5.41, 5.74) is 2.78. The molecule has 0 spiro atoms. The molecule has 0 fully saturated rings. The number of benzene rings is 1. The average molecular weight is 333 g/mol. The number of rotatable bonds is 6. The largest absolute Gasteiger partial charge is 0.298 e. The molecule has 0 saturated heterocycles. The fourth-order valence-electron chi connectivity index (χ4n) is 2.23. The second-order valence-corrected chi connectivity index (χ2v) is 5.98. The van der Waals surface area contributed by atoms with Gasteiger partial charge < -0.3 is 0 Å². The summed E-state index contributed by atoms with van der Waals surface area (Å²) < 4.78 is 2.04. The smallest absolute Gasteiger partial charge is 0.192 e. The van der Waals surface area contributed by atoms with Gasteiger partial charge in [-0.05, 0) is 29.8 Å². The van der Waals surface area contributed by atoms with Crippen LogP contribution in [0.3, 0.4) is 0 Å². The Hall–Kier alpha value is -2.91. The number of thioether (sulfide) groups is 1. The van der Waals surface area contributed by atoms with E-state index in [-0.39, 0.29) is 0 Å². The van der Waals surface area contributed by atoms with Crippen molar-refractivity contribution in [3.8, 4) is 17.5 Å². The second kappa shape index (κ2) is 7.57. The average Bonchev–Trinajstić information content (AvgIpc) is 3.04. The molecule has 1 aromatic carbocycles. The van der Waals surface area contributed by atoms with Gasteiger partial charge in [-0.1, -0.05) is 30.0 Å². The monoisotopic (exact) mass is 333 g/mol. The molecule has 2 aromatic heterocycles. The van der Waals surface area contributed by atoms with E-state index in [9.17, 15) is 0 Å². The van der Waals surface area contributed by atoms with Gasteiger partial charge >= 0.3 is 0 Å². The number of hydrogen-bond acceptors (Lipinski definition) is 5. The van der Waals surface area contributed by atoms with Crippen LogP contribution in [0, 0.1) is 11.3 Å². The highest BCUT2D eigenvalue weighted by Gasteiger charge is 2.13. The van der Waals surface area contributed by atoms with Gasteiger partial charge in [0, 0.05) is 30.3 Å². The van der Waals surface area contributed by atoms with Crippen LogP contribution in [0.1, 0.15) is 11.1 Å². The zero-order valence-corrected chi connectivity index (χ0v) is 13.8. The van der Waals surface area contributed by atoms with Crippen molar-refractivity contribution in [3.63, 3.8) is 0 Å². The van der Waals surface area contributed by atoms with E-state index in [0.717, 1.165) is 27.9 Å². The van der Waals surface area contributed by atoms with Crippen molar-refractivity contribution in [1.29, 1.82) is 5.26 Å². The summed E-state index contributed by atoms with van der Waals surface area (Å²) in [7, 11) is 0. The van der Waals surface area contributed by atoms with Gasteiger partial charge in [0.2, 0.25) is 0 Å². The van der Waals surface area contributed by atoms with Crippen molar-refractivity contribution in [2.75, 3.05) is 0 Å². The fraction of sp³-hybridized carbons (Fsp3) is 0.111. The molecule has 0 radical (unpaired) electrons. The molecule has 0 atom stereocenters. The summed E-state index contributed by atoms with van der Waals surface area (Å²) in [6, 6.07) is 13.5. The van der Waals surface area contributed by atoms with Gasteiger partial charge in [0.1, 0.15) is 0 Å². The summed E-state index contributed by atoms with van der Waals surface area (Å²) in [6.45, 7) is 4.46. The topological polar surface area (TPSA) is 67.4 Å². The molecular weight excluding hydrogens is 318 g/mol. The highest BCUT2D eigenvalue weighted by molar-refractivity contribution is 7.98. The molecule has 0 aliphatic heterocycles. The Labute approximate surface area is 144 Å². The summed E-state index contributed by atoms with van der Waals surface area (Å²) in [5, 5.41) is 18.3.